The fourth-order valence-corrected chi connectivity index (χ4v) is 1.45. The highest BCUT2D eigenvalue weighted by atomic mass is 16.3. The van der Waals surface area contributed by atoms with E-state index in [4.69, 9.17) is 16.6 Å². The molecule has 1 heterocycles. The summed E-state index contributed by atoms with van der Waals surface area (Å²) < 4.78 is 0. The Morgan fingerprint density at radius 1 is 1.18 bits per heavy atom. The van der Waals surface area contributed by atoms with Crippen LogP contribution in [0.1, 0.15) is 13.8 Å². The molecule has 0 spiro atoms. The van der Waals surface area contributed by atoms with Gasteiger partial charge in [-0.15, -0.1) is 0 Å². The molecular weight excluding hydrogens is 216 g/mol. The van der Waals surface area contributed by atoms with Crippen LogP contribution in [0.2, 0.25) is 0 Å². The molecule has 0 amide bonds. The standard InChI is InChI=1S/C10H20N4O.C2H6/c11-9(1-2-10(12)8-15)7-14-5-3-13-4-6-14;1-2/h1-2,13,15H,3-8,11-12H2;1-2H3/b9-1-,10-2-;. The lowest BCUT2D eigenvalue weighted by Crippen LogP contribution is -2.44. The molecule has 5 heteroatoms. The summed E-state index contributed by atoms with van der Waals surface area (Å²) in [5.74, 6) is 0. The molecule has 1 aliphatic heterocycles. The number of piperazine rings is 1. The van der Waals surface area contributed by atoms with Crippen LogP contribution in [-0.4, -0.2) is 49.3 Å². The van der Waals surface area contributed by atoms with Gasteiger partial charge in [0.05, 0.1) is 6.61 Å². The molecule has 0 atom stereocenters. The van der Waals surface area contributed by atoms with Gasteiger partial charge in [0.25, 0.3) is 0 Å². The summed E-state index contributed by atoms with van der Waals surface area (Å²) in [5.41, 5.74) is 12.5. The molecule has 0 aromatic carbocycles. The van der Waals surface area contributed by atoms with Crippen molar-refractivity contribution < 1.29 is 5.11 Å². The molecule has 0 bridgehead atoms. The van der Waals surface area contributed by atoms with E-state index >= 15 is 0 Å². The maximum atomic E-state index is 8.69. The van der Waals surface area contributed by atoms with Gasteiger partial charge in [0.15, 0.2) is 0 Å². The second-order valence-electron chi connectivity index (χ2n) is 3.67. The minimum Gasteiger partial charge on any atom is -0.401 e. The number of aliphatic hydroxyl groups excluding tert-OH is 1. The molecule has 0 aromatic rings. The van der Waals surface area contributed by atoms with E-state index in [0.717, 1.165) is 38.4 Å². The number of nitrogens with two attached hydrogens (primary N) is 2. The highest BCUT2D eigenvalue weighted by Gasteiger charge is 2.08. The summed E-state index contributed by atoms with van der Waals surface area (Å²) in [6.45, 7) is 8.71. The van der Waals surface area contributed by atoms with E-state index in [1.807, 2.05) is 13.8 Å². The molecule has 0 aliphatic carbocycles. The normalized spacial score (nSPS) is 18.5. The molecular formula is C12H26N4O. The lowest BCUT2D eigenvalue weighted by molar-refractivity contribution is 0.259. The van der Waals surface area contributed by atoms with Crippen molar-refractivity contribution in [3.63, 3.8) is 0 Å². The fraction of sp³-hybridized carbons (Fsp3) is 0.667. The van der Waals surface area contributed by atoms with Crippen molar-refractivity contribution >= 4 is 0 Å². The van der Waals surface area contributed by atoms with E-state index in [2.05, 4.69) is 10.2 Å². The van der Waals surface area contributed by atoms with Crippen LogP contribution in [-0.2, 0) is 0 Å². The van der Waals surface area contributed by atoms with Crippen molar-refractivity contribution in [3.8, 4) is 0 Å². The summed E-state index contributed by atoms with van der Waals surface area (Å²) in [7, 11) is 0. The summed E-state index contributed by atoms with van der Waals surface area (Å²) >= 11 is 0. The van der Waals surface area contributed by atoms with E-state index in [1.54, 1.807) is 12.2 Å². The molecule has 5 nitrogen and oxygen atoms in total. The second kappa shape index (κ2) is 10.1. The molecule has 0 saturated carbocycles. The number of nitrogens with one attached hydrogen (secondary N) is 1. The zero-order valence-corrected chi connectivity index (χ0v) is 10.9. The van der Waals surface area contributed by atoms with E-state index in [-0.39, 0.29) is 6.61 Å². The van der Waals surface area contributed by atoms with Gasteiger partial charge in [-0.05, 0) is 12.2 Å². The Bertz CT molecular complexity index is 245. The van der Waals surface area contributed by atoms with Crippen LogP contribution < -0.4 is 16.8 Å². The van der Waals surface area contributed by atoms with Crippen molar-refractivity contribution in [2.24, 2.45) is 11.5 Å². The Kier molecular flexibility index (Phi) is 9.52. The number of rotatable bonds is 4. The Hall–Kier alpha value is -1.04. The molecule has 100 valence electrons. The van der Waals surface area contributed by atoms with Gasteiger partial charge in [-0.25, -0.2) is 0 Å². The average molecular weight is 242 g/mol. The summed E-state index contributed by atoms with van der Waals surface area (Å²) in [6, 6.07) is 0. The first kappa shape index (κ1) is 16.0. The molecule has 1 saturated heterocycles. The van der Waals surface area contributed by atoms with Crippen LogP contribution in [0.4, 0.5) is 0 Å². The van der Waals surface area contributed by atoms with Gasteiger partial charge in [-0.2, -0.15) is 0 Å². The first-order valence-electron chi connectivity index (χ1n) is 6.17. The SMILES string of the molecule is CC.N/C(=C\C=C(/N)CN1CCNCC1)CO. The van der Waals surface area contributed by atoms with E-state index < -0.39 is 0 Å². The maximum Gasteiger partial charge on any atom is 0.0825 e. The number of aliphatic hydroxyl groups is 1. The minimum absolute atomic E-state index is 0.128. The molecule has 0 aromatic heterocycles. The topological polar surface area (TPSA) is 87.5 Å². The third-order valence-electron chi connectivity index (χ3n) is 2.31. The van der Waals surface area contributed by atoms with Crippen molar-refractivity contribution in [3.05, 3.63) is 23.5 Å². The van der Waals surface area contributed by atoms with Crippen molar-refractivity contribution in [2.75, 3.05) is 39.3 Å². The van der Waals surface area contributed by atoms with Crippen LogP contribution in [0.5, 0.6) is 0 Å². The first-order valence-corrected chi connectivity index (χ1v) is 6.17. The number of allylic oxidation sites excluding steroid dienone is 2. The highest BCUT2D eigenvalue weighted by Crippen LogP contribution is 1.96. The molecule has 1 fully saturated rings. The summed E-state index contributed by atoms with van der Waals surface area (Å²) in [6.07, 6.45) is 3.41. The maximum absolute atomic E-state index is 8.69. The van der Waals surface area contributed by atoms with E-state index in [1.165, 1.54) is 0 Å². The third kappa shape index (κ3) is 7.79. The smallest absolute Gasteiger partial charge is 0.0825 e. The monoisotopic (exact) mass is 242 g/mol. The van der Waals surface area contributed by atoms with Gasteiger partial charge in [0, 0.05) is 44.1 Å². The third-order valence-corrected chi connectivity index (χ3v) is 2.31. The van der Waals surface area contributed by atoms with Gasteiger partial charge >= 0.3 is 0 Å². The van der Waals surface area contributed by atoms with Crippen LogP contribution in [0.3, 0.4) is 0 Å². The van der Waals surface area contributed by atoms with Gasteiger partial charge < -0.3 is 21.9 Å². The van der Waals surface area contributed by atoms with Crippen molar-refractivity contribution in [1.29, 1.82) is 0 Å². The molecule has 0 unspecified atom stereocenters. The largest absolute Gasteiger partial charge is 0.401 e. The minimum atomic E-state index is -0.128. The Morgan fingerprint density at radius 3 is 2.24 bits per heavy atom. The van der Waals surface area contributed by atoms with Crippen molar-refractivity contribution in [1.82, 2.24) is 10.2 Å². The summed E-state index contributed by atoms with van der Waals surface area (Å²) in [5, 5.41) is 12.0. The second-order valence-corrected chi connectivity index (χ2v) is 3.67. The zero-order valence-electron chi connectivity index (χ0n) is 10.9. The number of hydrogen-bond acceptors (Lipinski definition) is 5. The molecule has 1 rings (SSSR count). The van der Waals surface area contributed by atoms with Crippen LogP contribution >= 0.6 is 0 Å². The number of hydrogen-bond donors (Lipinski definition) is 4. The number of nitrogens with zero attached hydrogens (tertiary/aromatic N) is 1. The summed E-state index contributed by atoms with van der Waals surface area (Å²) in [4.78, 5) is 2.28. The molecule has 1 aliphatic rings. The quantitative estimate of drug-likeness (QED) is 0.504. The zero-order chi connectivity index (χ0) is 13.1. The van der Waals surface area contributed by atoms with Gasteiger partial charge in [-0.3, -0.25) is 4.90 Å². The lowest BCUT2D eigenvalue weighted by atomic mass is 10.3. The average Bonchev–Trinajstić information content (AvgIpc) is 2.39. The van der Waals surface area contributed by atoms with Gasteiger partial charge in [-0.1, -0.05) is 13.8 Å². The Morgan fingerprint density at radius 2 is 1.71 bits per heavy atom. The van der Waals surface area contributed by atoms with Crippen LogP contribution in [0, 0.1) is 0 Å². The van der Waals surface area contributed by atoms with E-state index in [9.17, 15) is 0 Å². The van der Waals surface area contributed by atoms with Crippen LogP contribution in [0.15, 0.2) is 23.5 Å². The fourth-order valence-electron chi connectivity index (χ4n) is 1.45. The predicted molar refractivity (Wildman–Crippen MR) is 72.3 cm³/mol. The lowest BCUT2D eigenvalue weighted by Gasteiger charge is -2.27. The molecule has 17 heavy (non-hydrogen) atoms. The predicted octanol–water partition coefficient (Wildman–Crippen LogP) is -0.405. The highest BCUT2D eigenvalue weighted by molar-refractivity contribution is 5.15. The first-order chi connectivity index (χ1) is 8.22. The Labute approximate surface area is 104 Å². The van der Waals surface area contributed by atoms with E-state index in [0.29, 0.717) is 5.70 Å². The molecule has 6 N–H and O–H groups in total. The van der Waals surface area contributed by atoms with Crippen LogP contribution in [0.25, 0.3) is 0 Å². The Balaban J connectivity index is 0.00000121. The molecule has 0 radical (unpaired) electrons. The van der Waals surface area contributed by atoms with Gasteiger partial charge in [0.1, 0.15) is 0 Å². The van der Waals surface area contributed by atoms with Gasteiger partial charge in [0.2, 0.25) is 0 Å². The van der Waals surface area contributed by atoms with Crippen molar-refractivity contribution in [2.45, 2.75) is 13.8 Å².